The van der Waals surface area contributed by atoms with Crippen LogP contribution in [0.4, 0.5) is 10.7 Å². The fourth-order valence-electron chi connectivity index (χ4n) is 2.20. The first kappa shape index (κ1) is 17.9. The molecule has 0 spiro atoms. The summed E-state index contributed by atoms with van der Waals surface area (Å²) in [5.74, 6) is 0.235. The molecule has 120 valence electrons. The average Bonchev–Trinajstić information content (AvgIpc) is 2.84. The zero-order valence-corrected chi connectivity index (χ0v) is 14.2. The van der Waals surface area contributed by atoms with Crippen molar-refractivity contribution >= 4 is 32.0 Å². The second-order valence-electron chi connectivity index (χ2n) is 4.77. The first-order valence-corrected chi connectivity index (χ1v) is 9.05. The number of anilines is 1. The van der Waals surface area contributed by atoms with E-state index in [1.54, 1.807) is 0 Å². The van der Waals surface area contributed by atoms with Crippen LogP contribution in [-0.2, 0) is 10.0 Å². The number of sulfonamides is 1. The van der Waals surface area contributed by atoms with Crippen LogP contribution in [0, 0.1) is 16.0 Å². The Labute approximate surface area is 129 Å². The van der Waals surface area contributed by atoms with Gasteiger partial charge >= 0.3 is 5.69 Å². The SMILES string of the molecule is CCC(CC)C(C)NS(=O)(=O)c1cc([N+](=O)[O-])c(NC)s1. The Kier molecular flexibility index (Phi) is 6.11. The van der Waals surface area contributed by atoms with E-state index in [0.29, 0.717) is 0 Å². The topological polar surface area (TPSA) is 101 Å². The summed E-state index contributed by atoms with van der Waals surface area (Å²) in [4.78, 5) is 10.3. The lowest BCUT2D eigenvalue weighted by Gasteiger charge is -2.21. The van der Waals surface area contributed by atoms with E-state index in [0.717, 1.165) is 30.2 Å². The third-order valence-electron chi connectivity index (χ3n) is 3.48. The Balaban J connectivity index is 3.06. The molecule has 0 saturated carbocycles. The molecule has 0 aliphatic rings. The fraction of sp³-hybridized carbons (Fsp3) is 0.667. The largest absolute Gasteiger partial charge is 0.374 e. The van der Waals surface area contributed by atoms with E-state index in [9.17, 15) is 18.5 Å². The van der Waals surface area contributed by atoms with Gasteiger partial charge in [0.25, 0.3) is 10.0 Å². The van der Waals surface area contributed by atoms with Gasteiger partial charge in [0.05, 0.1) is 4.92 Å². The fourth-order valence-corrected chi connectivity index (χ4v) is 4.81. The molecular formula is C12H21N3O4S2. The van der Waals surface area contributed by atoms with E-state index in [1.807, 2.05) is 20.8 Å². The second kappa shape index (κ2) is 7.19. The summed E-state index contributed by atoms with van der Waals surface area (Å²) in [7, 11) is -2.22. The van der Waals surface area contributed by atoms with Crippen molar-refractivity contribution in [3.05, 3.63) is 16.2 Å². The number of nitro groups is 1. The van der Waals surface area contributed by atoms with Crippen LogP contribution in [0.3, 0.4) is 0 Å². The predicted molar refractivity (Wildman–Crippen MR) is 84.4 cm³/mol. The van der Waals surface area contributed by atoms with Gasteiger partial charge in [0.2, 0.25) is 0 Å². The lowest BCUT2D eigenvalue weighted by molar-refractivity contribution is -0.383. The molecule has 1 rings (SSSR count). The Hall–Kier alpha value is -1.19. The molecule has 0 aliphatic heterocycles. The van der Waals surface area contributed by atoms with Crippen LogP contribution in [0.1, 0.15) is 33.6 Å². The minimum atomic E-state index is -3.75. The lowest BCUT2D eigenvalue weighted by Crippen LogP contribution is -2.37. The van der Waals surface area contributed by atoms with E-state index < -0.39 is 14.9 Å². The van der Waals surface area contributed by atoms with E-state index in [-0.39, 0.29) is 26.9 Å². The van der Waals surface area contributed by atoms with Crippen molar-refractivity contribution in [2.75, 3.05) is 12.4 Å². The van der Waals surface area contributed by atoms with E-state index in [1.165, 1.54) is 7.05 Å². The van der Waals surface area contributed by atoms with Crippen molar-refractivity contribution in [1.29, 1.82) is 0 Å². The summed E-state index contributed by atoms with van der Waals surface area (Å²) in [6.45, 7) is 5.83. The monoisotopic (exact) mass is 335 g/mol. The maximum atomic E-state index is 12.3. The van der Waals surface area contributed by atoms with Crippen molar-refractivity contribution in [3.8, 4) is 0 Å². The molecule has 1 aromatic heterocycles. The summed E-state index contributed by atoms with van der Waals surface area (Å²) >= 11 is 0.860. The number of hydrogen-bond donors (Lipinski definition) is 2. The Morgan fingerprint density at radius 3 is 2.33 bits per heavy atom. The van der Waals surface area contributed by atoms with Crippen LogP contribution in [0.15, 0.2) is 10.3 Å². The maximum Gasteiger partial charge on any atom is 0.304 e. The number of nitrogens with one attached hydrogen (secondary N) is 2. The third kappa shape index (κ3) is 4.14. The number of rotatable bonds is 8. The van der Waals surface area contributed by atoms with Crippen molar-refractivity contribution < 1.29 is 13.3 Å². The number of hydrogen-bond acceptors (Lipinski definition) is 6. The van der Waals surface area contributed by atoms with Gasteiger partial charge in [0.15, 0.2) is 5.00 Å². The molecular weight excluding hydrogens is 314 g/mol. The molecule has 1 unspecified atom stereocenters. The normalized spacial score (nSPS) is 13.4. The van der Waals surface area contributed by atoms with Crippen LogP contribution in [0.2, 0.25) is 0 Å². The molecule has 7 nitrogen and oxygen atoms in total. The van der Waals surface area contributed by atoms with Gasteiger partial charge < -0.3 is 5.32 Å². The van der Waals surface area contributed by atoms with Gasteiger partial charge in [-0.05, 0) is 12.8 Å². The minimum Gasteiger partial charge on any atom is -0.374 e. The molecule has 0 fully saturated rings. The lowest BCUT2D eigenvalue weighted by atomic mass is 9.96. The zero-order valence-electron chi connectivity index (χ0n) is 12.5. The number of thiophene rings is 1. The van der Waals surface area contributed by atoms with E-state index >= 15 is 0 Å². The minimum absolute atomic E-state index is 0.0450. The molecule has 0 aromatic carbocycles. The number of nitrogens with zero attached hydrogens (tertiary/aromatic N) is 1. The highest BCUT2D eigenvalue weighted by molar-refractivity contribution is 7.91. The summed E-state index contributed by atoms with van der Waals surface area (Å²) in [5, 5.41) is 13.8. The molecule has 1 atom stereocenters. The predicted octanol–water partition coefficient (Wildman–Crippen LogP) is 2.80. The van der Waals surface area contributed by atoms with Gasteiger partial charge in [-0.3, -0.25) is 10.1 Å². The first-order valence-electron chi connectivity index (χ1n) is 6.75. The molecule has 0 aliphatic carbocycles. The van der Waals surface area contributed by atoms with Crippen molar-refractivity contribution in [1.82, 2.24) is 4.72 Å². The van der Waals surface area contributed by atoms with Gasteiger partial charge in [0, 0.05) is 19.2 Å². The Morgan fingerprint density at radius 2 is 1.95 bits per heavy atom. The molecule has 0 bridgehead atoms. The summed E-state index contributed by atoms with van der Waals surface area (Å²) in [6.07, 6.45) is 1.74. The Morgan fingerprint density at radius 1 is 1.38 bits per heavy atom. The summed E-state index contributed by atoms with van der Waals surface area (Å²) in [5.41, 5.74) is -0.224. The van der Waals surface area contributed by atoms with Crippen LogP contribution in [-0.4, -0.2) is 26.4 Å². The van der Waals surface area contributed by atoms with Crippen molar-refractivity contribution in [2.45, 2.75) is 43.9 Å². The van der Waals surface area contributed by atoms with Gasteiger partial charge in [-0.25, -0.2) is 13.1 Å². The van der Waals surface area contributed by atoms with Crippen LogP contribution in [0.5, 0.6) is 0 Å². The highest BCUT2D eigenvalue weighted by Crippen LogP contribution is 2.36. The molecule has 0 saturated heterocycles. The molecule has 1 aromatic rings. The van der Waals surface area contributed by atoms with Crippen molar-refractivity contribution in [3.63, 3.8) is 0 Å². The summed E-state index contributed by atoms with van der Waals surface area (Å²) in [6, 6.07) is 0.877. The second-order valence-corrected chi connectivity index (χ2v) is 7.77. The smallest absolute Gasteiger partial charge is 0.304 e. The standard InChI is InChI=1S/C12H21N3O4S2/c1-5-9(6-2)8(3)14-21(18,19)11-7-10(15(16)17)12(13-4)20-11/h7-9,13-14H,5-6H2,1-4H3. The molecule has 0 radical (unpaired) electrons. The van der Waals surface area contributed by atoms with Gasteiger partial charge in [-0.15, -0.1) is 0 Å². The molecule has 9 heteroatoms. The zero-order chi connectivity index (χ0) is 16.2. The molecule has 1 heterocycles. The van der Waals surface area contributed by atoms with E-state index in [4.69, 9.17) is 0 Å². The molecule has 21 heavy (non-hydrogen) atoms. The first-order chi connectivity index (χ1) is 9.76. The highest BCUT2D eigenvalue weighted by Gasteiger charge is 2.28. The molecule has 2 N–H and O–H groups in total. The Bertz CT molecular complexity index is 594. The average molecular weight is 335 g/mol. The van der Waals surface area contributed by atoms with Crippen LogP contribution < -0.4 is 10.0 Å². The van der Waals surface area contributed by atoms with Crippen molar-refractivity contribution in [2.24, 2.45) is 5.92 Å². The highest BCUT2D eigenvalue weighted by atomic mass is 32.2. The van der Waals surface area contributed by atoms with Gasteiger partial charge in [-0.1, -0.05) is 38.0 Å². The van der Waals surface area contributed by atoms with Gasteiger partial charge in [-0.2, -0.15) is 0 Å². The van der Waals surface area contributed by atoms with E-state index in [2.05, 4.69) is 10.0 Å². The third-order valence-corrected chi connectivity index (χ3v) is 6.65. The maximum absolute atomic E-state index is 12.3. The summed E-state index contributed by atoms with van der Waals surface area (Å²) < 4.78 is 27.2. The quantitative estimate of drug-likeness (QED) is 0.562. The molecule has 0 amide bonds. The van der Waals surface area contributed by atoms with Crippen LogP contribution >= 0.6 is 11.3 Å². The van der Waals surface area contributed by atoms with Crippen LogP contribution in [0.25, 0.3) is 0 Å². The van der Waals surface area contributed by atoms with Gasteiger partial charge in [0.1, 0.15) is 4.21 Å².